The van der Waals surface area contributed by atoms with Crippen molar-refractivity contribution in [2.45, 2.75) is 52.3 Å². The molecule has 1 aliphatic heterocycles. The van der Waals surface area contributed by atoms with Crippen LogP contribution in [0, 0.1) is 5.82 Å². The summed E-state index contributed by atoms with van der Waals surface area (Å²) in [6.07, 6.45) is -0.486. The van der Waals surface area contributed by atoms with E-state index in [0.717, 1.165) is 0 Å². The third-order valence-corrected chi connectivity index (χ3v) is 5.03. The number of hydrogen-bond donors (Lipinski definition) is 0. The smallest absolute Gasteiger partial charge is 0.410 e. The predicted molar refractivity (Wildman–Crippen MR) is 102 cm³/mol. The first-order chi connectivity index (χ1) is 11.9. The molecule has 0 aliphatic carbocycles. The number of rotatable bonds is 1. The maximum absolute atomic E-state index is 14.8. The summed E-state index contributed by atoms with van der Waals surface area (Å²) in [5.74, 6) is -0.690. The van der Waals surface area contributed by atoms with Crippen molar-refractivity contribution >= 4 is 39.5 Å². The number of carbonyl (C=O) groups excluding carboxylic acids is 2. The number of amides is 2. The topological polar surface area (TPSA) is 49.9 Å². The lowest BCUT2D eigenvalue weighted by Gasteiger charge is -2.46. The highest BCUT2D eigenvalue weighted by atomic mass is 79.9. The average Bonchev–Trinajstić information content (AvgIpc) is 2.48. The molecule has 2 atom stereocenters. The minimum atomic E-state index is -0.663. The quantitative estimate of drug-likeness (QED) is 0.580. The van der Waals surface area contributed by atoms with Gasteiger partial charge in [0.05, 0.1) is 16.6 Å². The summed E-state index contributed by atoms with van der Waals surface area (Å²) in [4.78, 5) is 27.8. The number of nitrogens with zero attached hydrogens (tertiary/aromatic N) is 2. The van der Waals surface area contributed by atoms with Gasteiger partial charge in [-0.25, -0.2) is 9.18 Å². The molecule has 1 heterocycles. The first kappa shape index (κ1) is 21.0. The number of carbonyl (C=O) groups is 2. The highest BCUT2D eigenvalue weighted by Gasteiger charge is 2.41. The third-order valence-electron chi connectivity index (χ3n) is 4.24. The standard InChI is InChI=1S/C18H23BrClFN2O3/c1-10-16(13-8-12(20)9-14(19)15(13)21)23(11(2)24)7-6-22(10)17(25)26-18(3,4)5/h8-10,16H,6-7H2,1-5H3/t10-,16+/m0/s1. The highest BCUT2D eigenvalue weighted by molar-refractivity contribution is 9.10. The van der Waals surface area contributed by atoms with E-state index in [-0.39, 0.29) is 22.5 Å². The summed E-state index contributed by atoms with van der Waals surface area (Å²) in [5.41, 5.74) is -0.380. The van der Waals surface area contributed by atoms with Crippen LogP contribution in [-0.4, -0.2) is 46.5 Å². The van der Waals surface area contributed by atoms with E-state index in [4.69, 9.17) is 16.3 Å². The number of hydrogen-bond acceptors (Lipinski definition) is 3. The van der Waals surface area contributed by atoms with E-state index < -0.39 is 29.6 Å². The van der Waals surface area contributed by atoms with Gasteiger partial charge in [0.1, 0.15) is 11.4 Å². The van der Waals surface area contributed by atoms with Crippen molar-refractivity contribution in [3.05, 3.63) is 33.0 Å². The van der Waals surface area contributed by atoms with E-state index in [1.165, 1.54) is 24.0 Å². The van der Waals surface area contributed by atoms with E-state index in [1.54, 1.807) is 32.6 Å². The second-order valence-electron chi connectivity index (χ2n) is 7.36. The molecule has 8 heteroatoms. The number of piperazine rings is 1. The van der Waals surface area contributed by atoms with Gasteiger partial charge in [0.25, 0.3) is 0 Å². The summed E-state index contributed by atoms with van der Waals surface area (Å²) >= 11 is 9.25. The largest absolute Gasteiger partial charge is 0.444 e. The van der Waals surface area contributed by atoms with Crippen molar-refractivity contribution in [3.63, 3.8) is 0 Å². The molecule has 0 aromatic heterocycles. The molecule has 1 aliphatic rings. The molecule has 1 aromatic rings. The summed E-state index contributed by atoms with van der Waals surface area (Å²) in [5, 5.41) is 0.346. The zero-order valence-corrected chi connectivity index (χ0v) is 17.8. The van der Waals surface area contributed by atoms with E-state index >= 15 is 0 Å². The lowest BCUT2D eigenvalue weighted by molar-refractivity contribution is -0.136. The molecular weight excluding hydrogens is 427 g/mol. The number of ether oxygens (including phenoxy) is 1. The van der Waals surface area contributed by atoms with Gasteiger partial charge in [-0.2, -0.15) is 0 Å². The Morgan fingerprint density at radius 1 is 1.27 bits per heavy atom. The lowest BCUT2D eigenvalue weighted by Crippen LogP contribution is -2.57. The van der Waals surface area contributed by atoms with Crippen molar-refractivity contribution in [2.75, 3.05) is 13.1 Å². The van der Waals surface area contributed by atoms with Crippen molar-refractivity contribution in [1.82, 2.24) is 9.80 Å². The molecule has 26 heavy (non-hydrogen) atoms. The minimum absolute atomic E-state index is 0.193. The fourth-order valence-electron chi connectivity index (χ4n) is 3.14. The van der Waals surface area contributed by atoms with Gasteiger partial charge in [-0.3, -0.25) is 4.79 Å². The van der Waals surface area contributed by atoms with E-state index in [2.05, 4.69) is 15.9 Å². The van der Waals surface area contributed by atoms with Crippen LogP contribution in [0.1, 0.15) is 46.2 Å². The number of benzene rings is 1. The zero-order valence-electron chi connectivity index (χ0n) is 15.5. The van der Waals surface area contributed by atoms with Crippen molar-refractivity contribution < 1.29 is 18.7 Å². The van der Waals surface area contributed by atoms with Crippen LogP contribution in [0.5, 0.6) is 0 Å². The molecule has 0 spiro atoms. The number of halogens is 3. The van der Waals surface area contributed by atoms with Crippen LogP contribution in [0.15, 0.2) is 16.6 Å². The van der Waals surface area contributed by atoms with Gasteiger partial charge < -0.3 is 14.5 Å². The molecule has 144 valence electrons. The normalized spacial score (nSPS) is 20.9. The van der Waals surface area contributed by atoms with Crippen LogP contribution >= 0.6 is 27.5 Å². The van der Waals surface area contributed by atoms with Gasteiger partial charge in [-0.05, 0) is 55.8 Å². The second-order valence-corrected chi connectivity index (χ2v) is 8.65. The van der Waals surface area contributed by atoms with Crippen molar-refractivity contribution in [3.8, 4) is 0 Å². The van der Waals surface area contributed by atoms with Crippen molar-refractivity contribution in [2.24, 2.45) is 0 Å². The first-order valence-corrected chi connectivity index (χ1v) is 9.50. The molecule has 2 amide bonds. The van der Waals surface area contributed by atoms with Crippen LogP contribution in [0.25, 0.3) is 0 Å². The van der Waals surface area contributed by atoms with E-state index in [1.807, 2.05) is 0 Å². The van der Waals surface area contributed by atoms with Gasteiger partial charge in [-0.15, -0.1) is 0 Å². The molecule has 0 unspecified atom stereocenters. The first-order valence-electron chi connectivity index (χ1n) is 8.33. The minimum Gasteiger partial charge on any atom is -0.444 e. The van der Waals surface area contributed by atoms with Crippen LogP contribution in [0.4, 0.5) is 9.18 Å². The average molecular weight is 450 g/mol. The Kier molecular flexibility index (Phi) is 6.23. The van der Waals surface area contributed by atoms with Crippen LogP contribution in [0.2, 0.25) is 5.02 Å². The summed E-state index contributed by atoms with van der Waals surface area (Å²) in [6.45, 7) is 9.16. The summed E-state index contributed by atoms with van der Waals surface area (Å²) in [6, 6.07) is 1.81. The molecule has 1 saturated heterocycles. The SMILES string of the molecule is CC(=O)N1CCN(C(=O)OC(C)(C)C)[C@@H](C)[C@@H]1c1cc(Cl)cc(Br)c1F. The molecule has 2 rings (SSSR count). The van der Waals surface area contributed by atoms with Crippen LogP contribution in [0.3, 0.4) is 0 Å². The third kappa shape index (κ3) is 4.49. The molecule has 0 saturated carbocycles. The molecule has 1 fully saturated rings. The maximum Gasteiger partial charge on any atom is 0.410 e. The Balaban J connectivity index is 2.45. The van der Waals surface area contributed by atoms with E-state index in [0.29, 0.717) is 11.6 Å². The van der Waals surface area contributed by atoms with Gasteiger partial charge in [0.2, 0.25) is 5.91 Å². The van der Waals surface area contributed by atoms with Crippen LogP contribution in [-0.2, 0) is 9.53 Å². The molecule has 5 nitrogen and oxygen atoms in total. The molecule has 0 radical (unpaired) electrons. The van der Waals surface area contributed by atoms with E-state index in [9.17, 15) is 14.0 Å². The molecule has 0 N–H and O–H groups in total. The molecule has 1 aromatic carbocycles. The van der Waals surface area contributed by atoms with Gasteiger partial charge in [0, 0.05) is 30.6 Å². The summed E-state index contributed by atoms with van der Waals surface area (Å²) < 4.78 is 20.5. The van der Waals surface area contributed by atoms with Gasteiger partial charge >= 0.3 is 6.09 Å². The Hall–Kier alpha value is -1.34. The summed E-state index contributed by atoms with van der Waals surface area (Å²) in [7, 11) is 0. The fraction of sp³-hybridized carbons (Fsp3) is 0.556. The van der Waals surface area contributed by atoms with Crippen molar-refractivity contribution in [1.29, 1.82) is 0 Å². The molecular formula is C18H23BrClFN2O3. The Bertz CT molecular complexity index is 723. The monoisotopic (exact) mass is 448 g/mol. The Labute approximate surface area is 166 Å². The lowest BCUT2D eigenvalue weighted by atomic mass is 9.94. The maximum atomic E-state index is 14.8. The van der Waals surface area contributed by atoms with Gasteiger partial charge in [-0.1, -0.05) is 11.6 Å². The molecule has 0 bridgehead atoms. The van der Waals surface area contributed by atoms with Gasteiger partial charge in [0.15, 0.2) is 0 Å². The Morgan fingerprint density at radius 3 is 2.38 bits per heavy atom. The second kappa shape index (κ2) is 7.72. The fourth-order valence-corrected chi connectivity index (χ4v) is 3.97. The Morgan fingerprint density at radius 2 is 1.85 bits per heavy atom. The van der Waals surface area contributed by atoms with Crippen LogP contribution < -0.4 is 0 Å². The highest BCUT2D eigenvalue weighted by Crippen LogP contribution is 2.37. The predicted octanol–water partition coefficient (Wildman–Crippen LogP) is 4.77. The zero-order chi connectivity index (χ0) is 19.8.